The zero-order valence-corrected chi connectivity index (χ0v) is 15.9. The molecule has 3 nitrogen and oxygen atoms in total. The number of aromatic nitrogens is 1. The molecule has 4 heteroatoms. The second-order valence-corrected chi connectivity index (χ2v) is 7.99. The van der Waals surface area contributed by atoms with Gasteiger partial charge in [0.15, 0.2) is 0 Å². The molecular formula is C22H24N2OS. The van der Waals surface area contributed by atoms with Crippen molar-refractivity contribution < 1.29 is 4.79 Å². The van der Waals surface area contributed by atoms with Crippen molar-refractivity contribution in [1.29, 1.82) is 0 Å². The van der Waals surface area contributed by atoms with E-state index >= 15 is 0 Å². The smallest absolute Gasteiger partial charge is 0.244 e. The van der Waals surface area contributed by atoms with Crippen LogP contribution in [0.3, 0.4) is 0 Å². The molecule has 1 saturated heterocycles. The number of fused-ring (bicyclic) bond motifs is 3. The lowest BCUT2D eigenvalue weighted by Gasteiger charge is -2.21. The van der Waals surface area contributed by atoms with Crippen LogP contribution >= 0.6 is 11.8 Å². The monoisotopic (exact) mass is 364 g/mol. The summed E-state index contributed by atoms with van der Waals surface area (Å²) < 4.78 is 2.34. The quantitative estimate of drug-likeness (QED) is 0.672. The SMILES string of the molecule is CCn1c2ccccc2c2cc(/C=C/C(=O)NC3CCSCC3)ccc21. The molecule has 2 aromatic carbocycles. The number of aryl methyl sites for hydroxylation is 1. The maximum absolute atomic E-state index is 12.2. The third-order valence-electron chi connectivity index (χ3n) is 5.11. The van der Waals surface area contributed by atoms with E-state index in [0.29, 0.717) is 6.04 Å². The summed E-state index contributed by atoms with van der Waals surface area (Å²) >= 11 is 1.97. The number of rotatable bonds is 4. The molecule has 1 aliphatic rings. The van der Waals surface area contributed by atoms with Gasteiger partial charge >= 0.3 is 0 Å². The summed E-state index contributed by atoms with van der Waals surface area (Å²) in [6.07, 6.45) is 5.74. The largest absolute Gasteiger partial charge is 0.350 e. The molecule has 1 N–H and O–H groups in total. The maximum atomic E-state index is 12.2. The Morgan fingerprint density at radius 3 is 2.73 bits per heavy atom. The molecule has 0 saturated carbocycles. The lowest BCUT2D eigenvalue weighted by atomic mass is 10.1. The first-order chi connectivity index (χ1) is 12.8. The number of amides is 1. The molecule has 134 valence electrons. The minimum Gasteiger partial charge on any atom is -0.350 e. The van der Waals surface area contributed by atoms with Crippen molar-refractivity contribution in [3.8, 4) is 0 Å². The van der Waals surface area contributed by atoms with Gasteiger partial charge in [-0.1, -0.05) is 24.3 Å². The zero-order chi connectivity index (χ0) is 17.9. The molecule has 0 unspecified atom stereocenters. The Bertz CT molecular complexity index is 967. The fourth-order valence-electron chi connectivity index (χ4n) is 3.78. The van der Waals surface area contributed by atoms with Gasteiger partial charge in [0, 0.05) is 40.5 Å². The maximum Gasteiger partial charge on any atom is 0.244 e. The van der Waals surface area contributed by atoms with Gasteiger partial charge in [-0.2, -0.15) is 11.8 Å². The second kappa shape index (κ2) is 7.58. The van der Waals surface area contributed by atoms with E-state index in [1.807, 2.05) is 17.8 Å². The number of nitrogens with zero attached hydrogens (tertiary/aromatic N) is 1. The highest BCUT2D eigenvalue weighted by molar-refractivity contribution is 7.99. The molecule has 0 aliphatic carbocycles. The van der Waals surface area contributed by atoms with Crippen LogP contribution in [-0.4, -0.2) is 28.0 Å². The van der Waals surface area contributed by atoms with Crippen LogP contribution in [0.4, 0.5) is 0 Å². The third kappa shape index (κ3) is 3.38. The fourth-order valence-corrected chi connectivity index (χ4v) is 4.89. The zero-order valence-electron chi connectivity index (χ0n) is 15.1. The van der Waals surface area contributed by atoms with Crippen LogP contribution in [0.2, 0.25) is 0 Å². The highest BCUT2D eigenvalue weighted by atomic mass is 32.2. The van der Waals surface area contributed by atoms with Crippen molar-refractivity contribution in [2.24, 2.45) is 0 Å². The molecule has 1 aliphatic heterocycles. The Hall–Kier alpha value is -2.20. The van der Waals surface area contributed by atoms with Crippen molar-refractivity contribution in [2.45, 2.75) is 32.4 Å². The minimum atomic E-state index is 0.0120. The van der Waals surface area contributed by atoms with Crippen molar-refractivity contribution in [1.82, 2.24) is 9.88 Å². The van der Waals surface area contributed by atoms with E-state index in [0.717, 1.165) is 36.5 Å². The van der Waals surface area contributed by atoms with Crippen LogP contribution in [-0.2, 0) is 11.3 Å². The van der Waals surface area contributed by atoms with E-state index < -0.39 is 0 Å². The topological polar surface area (TPSA) is 34.0 Å². The summed E-state index contributed by atoms with van der Waals surface area (Å²) in [5.74, 6) is 2.30. The molecule has 0 radical (unpaired) electrons. The van der Waals surface area contributed by atoms with Gasteiger partial charge in [-0.15, -0.1) is 0 Å². The van der Waals surface area contributed by atoms with Crippen molar-refractivity contribution >= 4 is 45.6 Å². The number of benzene rings is 2. The number of para-hydroxylation sites is 1. The highest BCUT2D eigenvalue weighted by Crippen LogP contribution is 2.30. The summed E-state index contributed by atoms with van der Waals surface area (Å²) in [5.41, 5.74) is 3.57. The van der Waals surface area contributed by atoms with Crippen molar-refractivity contribution in [3.05, 3.63) is 54.1 Å². The molecule has 3 aromatic rings. The number of carbonyl (C=O) groups excluding carboxylic acids is 1. The minimum absolute atomic E-state index is 0.0120. The molecule has 1 fully saturated rings. The number of nitrogens with one attached hydrogen (secondary N) is 1. The van der Waals surface area contributed by atoms with E-state index in [2.05, 4.69) is 59.3 Å². The van der Waals surface area contributed by atoms with Gasteiger partial charge in [0.05, 0.1) is 0 Å². The van der Waals surface area contributed by atoms with E-state index in [4.69, 9.17) is 0 Å². The summed E-state index contributed by atoms with van der Waals surface area (Å²) in [5, 5.41) is 5.64. The Labute approximate surface area is 158 Å². The Morgan fingerprint density at radius 2 is 1.92 bits per heavy atom. The van der Waals surface area contributed by atoms with Gasteiger partial charge in [0.25, 0.3) is 0 Å². The van der Waals surface area contributed by atoms with Gasteiger partial charge in [0.1, 0.15) is 0 Å². The first kappa shape index (κ1) is 17.2. The molecule has 0 bridgehead atoms. The fraction of sp³-hybridized carbons (Fsp3) is 0.318. The number of hydrogen-bond donors (Lipinski definition) is 1. The number of hydrogen-bond acceptors (Lipinski definition) is 2. The third-order valence-corrected chi connectivity index (χ3v) is 6.16. The van der Waals surface area contributed by atoms with Gasteiger partial charge in [-0.25, -0.2) is 0 Å². The molecule has 1 aromatic heterocycles. The number of carbonyl (C=O) groups is 1. The molecular weight excluding hydrogens is 340 g/mol. The van der Waals surface area contributed by atoms with Gasteiger partial charge in [0.2, 0.25) is 5.91 Å². The van der Waals surface area contributed by atoms with E-state index in [1.165, 1.54) is 21.8 Å². The molecule has 1 amide bonds. The van der Waals surface area contributed by atoms with E-state index in [9.17, 15) is 4.79 Å². The average Bonchev–Trinajstić information content (AvgIpc) is 3.00. The molecule has 0 spiro atoms. The Morgan fingerprint density at radius 1 is 1.15 bits per heavy atom. The predicted octanol–water partition coefficient (Wildman–Crippen LogP) is 4.84. The lowest BCUT2D eigenvalue weighted by Crippen LogP contribution is -2.36. The molecule has 4 rings (SSSR count). The summed E-state index contributed by atoms with van der Waals surface area (Å²) in [4.78, 5) is 12.2. The second-order valence-electron chi connectivity index (χ2n) is 6.77. The molecule has 2 heterocycles. The highest BCUT2D eigenvalue weighted by Gasteiger charge is 2.14. The van der Waals surface area contributed by atoms with Gasteiger partial charge < -0.3 is 9.88 Å². The number of thioether (sulfide) groups is 1. The first-order valence-electron chi connectivity index (χ1n) is 9.33. The van der Waals surface area contributed by atoms with Crippen molar-refractivity contribution in [3.63, 3.8) is 0 Å². The normalized spacial score (nSPS) is 15.9. The predicted molar refractivity (Wildman–Crippen MR) is 113 cm³/mol. The van der Waals surface area contributed by atoms with Crippen molar-refractivity contribution in [2.75, 3.05) is 11.5 Å². The molecule has 0 atom stereocenters. The summed E-state index contributed by atoms with van der Waals surface area (Å²) in [6, 6.07) is 15.3. The Balaban J connectivity index is 1.59. The summed E-state index contributed by atoms with van der Waals surface area (Å²) in [6.45, 7) is 3.12. The van der Waals surface area contributed by atoms with Crippen LogP contribution in [0, 0.1) is 0 Å². The summed E-state index contributed by atoms with van der Waals surface area (Å²) in [7, 11) is 0. The van der Waals surface area contributed by atoms with Crippen LogP contribution in [0.15, 0.2) is 48.5 Å². The standard InChI is InChI=1S/C22H24N2OS/c1-2-24-20-6-4-3-5-18(20)19-15-16(7-9-21(19)24)8-10-22(25)23-17-11-13-26-14-12-17/h3-10,15,17H,2,11-14H2,1H3,(H,23,25)/b10-8+. The first-order valence-corrected chi connectivity index (χ1v) is 10.5. The molecule has 26 heavy (non-hydrogen) atoms. The van der Waals surface area contributed by atoms with E-state index in [-0.39, 0.29) is 5.91 Å². The van der Waals surface area contributed by atoms with Crippen LogP contribution < -0.4 is 5.32 Å². The van der Waals surface area contributed by atoms with Crippen LogP contribution in [0.5, 0.6) is 0 Å². The average molecular weight is 365 g/mol. The van der Waals surface area contributed by atoms with E-state index in [1.54, 1.807) is 6.08 Å². The van der Waals surface area contributed by atoms with Crippen LogP contribution in [0.25, 0.3) is 27.9 Å². The van der Waals surface area contributed by atoms with Crippen LogP contribution in [0.1, 0.15) is 25.3 Å². The van der Waals surface area contributed by atoms with Gasteiger partial charge in [-0.05, 0) is 61.1 Å². The van der Waals surface area contributed by atoms with Gasteiger partial charge in [-0.3, -0.25) is 4.79 Å². The Kier molecular flexibility index (Phi) is 5.02. The lowest BCUT2D eigenvalue weighted by molar-refractivity contribution is -0.117.